The summed E-state index contributed by atoms with van der Waals surface area (Å²) in [5.74, 6) is 4.07. The van der Waals surface area contributed by atoms with Crippen LogP contribution < -0.4 is 0 Å². The summed E-state index contributed by atoms with van der Waals surface area (Å²) in [6.45, 7) is 0. The van der Waals surface area contributed by atoms with Crippen LogP contribution in [-0.2, 0) is 5.41 Å². The summed E-state index contributed by atoms with van der Waals surface area (Å²) >= 11 is 0. The zero-order valence-electron chi connectivity index (χ0n) is 26.9. The number of nitrogens with zero attached hydrogens (tertiary/aromatic N) is 2. The number of benzene rings is 6. The Morgan fingerprint density at radius 3 is 1.90 bits per heavy atom. The van der Waals surface area contributed by atoms with Crippen molar-refractivity contribution in [3.8, 4) is 44.9 Å². The summed E-state index contributed by atoms with van der Waals surface area (Å²) in [6.07, 6.45) is 6.95. The lowest BCUT2D eigenvalue weighted by atomic mass is 9.43. The molecule has 0 unspecified atom stereocenters. The van der Waals surface area contributed by atoms with Crippen molar-refractivity contribution in [1.29, 1.82) is 0 Å². The van der Waals surface area contributed by atoms with Gasteiger partial charge in [0, 0.05) is 21.9 Å². The maximum atomic E-state index is 5.47. The smallest absolute Gasteiger partial charge is 0.161 e. The van der Waals surface area contributed by atoms with Crippen molar-refractivity contribution >= 4 is 21.7 Å². The molecule has 7 aromatic rings. The monoisotopic (exact) mass is 616 g/mol. The molecule has 0 radical (unpaired) electrons. The van der Waals surface area contributed by atoms with Crippen LogP contribution in [0, 0.1) is 23.7 Å². The van der Waals surface area contributed by atoms with Gasteiger partial charge in [0.2, 0.25) is 0 Å². The summed E-state index contributed by atoms with van der Waals surface area (Å²) in [5, 5.41) is 3.77. The summed E-state index contributed by atoms with van der Waals surface area (Å²) in [7, 11) is 0. The highest BCUT2D eigenvalue weighted by molar-refractivity contribution is 6.00. The first kappa shape index (κ1) is 26.9. The van der Waals surface area contributed by atoms with Crippen LogP contribution in [0.15, 0.2) is 133 Å². The average Bonchev–Trinajstić information content (AvgIpc) is 3.42. The molecule has 0 N–H and O–H groups in total. The lowest BCUT2D eigenvalue weighted by Gasteiger charge is -2.61. The standard InChI is InChI=1S/C46H36N2/c1-2-9-30(10-3-1)31-17-19-32(20-18-31)44-37-13-6-7-16-42(37)47-45(48-44)38-14-8-15-40-43(38)39-26-33-11-4-5-12-34(33)27-41(39)46(40)35-22-28-21-29(24-35)25-36(46)23-28/h1-20,26-29,35-36H,21-25H2. The van der Waals surface area contributed by atoms with Crippen LogP contribution in [-0.4, -0.2) is 9.97 Å². The second-order valence-corrected chi connectivity index (χ2v) is 15.0. The van der Waals surface area contributed by atoms with Crippen molar-refractivity contribution in [2.75, 3.05) is 0 Å². The van der Waals surface area contributed by atoms with Crippen LogP contribution in [0.2, 0.25) is 0 Å². The molecule has 2 heteroatoms. The third-order valence-corrected chi connectivity index (χ3v) is 12.6. The van der Waals surface area contributed by atoms with Crippen molar-refractivity contribution in [1.82, 2.24) is 9.97 Å². The topological polar surface area (TPSA) is 25.8 Å². The normalized spacial score (nSPS) is 24.8. The number of aromatic nitrogens is 2. The highest BCUT2D eigenvalue weighted by Gasteiger charge is 2.61. The zero-order valence-corrected chi connectivity index (χ0v) is 26.9. The van der Waals surface area contributed by atoms with E-state index in [1.807, 2.05) is 0 Å². The number of rotatable bonds is 3. The van der Waals surface area contributed by atoms with E-state index in [4.69, 9.17) is 9.97 Å². The van der Waals surface area contributed by atoms with E-state index < -0.39 is 0 Å². The molecule has 0 saturated heterocycles. The van der Waals surface area contributed by atoms with Gasteiger partial charge in [0.1, 0.15) is 0 Å². The first-order valence-electron chi connectivity index (χ1n) is 17.8. The van der Waals surface area contributed by atoms with Crippen LogP contribution in [0.1, 0.15) is 43.2 Å². The van der Waals surface area contributed by atoms with Crippen LogP contribution in [0.5, 0.6) is 0 Å². The molecule has 5 aliphatic carbocycles. The number of hydrogen-bond acceptors (Lipinski definition) is 2. The Hall–Kier alpha value is -5.08. The Kier molecular flexibility index (Phi) is 5.59. The van der Waals surface area contributed by atoms with E-state index >= 15 is 0 Å². The molecular weight excluding hydrogens is 581 g/mol. The molecule has 4 bridgehead atoms. The Bertz CT molecular complexity index is 2380. The molecule has 0 atom stereocenters. The average molecular weight is 617 g/mol. The SMILES string of the molecule is c1ccc(-c2ccc(-c3nc(-c4cccc5c4-c4cc6ccccc6cc4C54C5CC6CC(C5)CC4C6)nc4ccccc34)cc2)cc1. The lowest BCUT2D eigenvalue weighted by molar-refractivity contribution is -0.0398. The molecular formula is C46H36N2. The predicted molar refractivity (Wildman–Crippen MR) is 197 cm³/mol. The minimum Gasteiger partial charge on any atom is -0.228 e. The summed E-state index contributed by atoms with van der Waals surface area (Å²) < 4.78 is 0. The highest BCUT2D eigenvalue weighted by Crippen LogP contribution is 2.70. The van der Waals surface area contributed by atoms with E-state index in [0.29, 0.717) is 11.8 Å². The van der Waals surface area contributed by atoms with Crippen LogP contribution in [0.4, 0.5) is 0 Å². The van der Waals surface area contributed by atoms with Gasteiger partial charge in [0.25, 0.3) is 0 Å². The van der Waals surface area contributed by atoms with Crippen molar-refractivity contribution in [3.05, 3.63) is 145 Å². The summed E-state index contributed by atoms with van der Waals surface area (Å²) in [5.41, 5.74) is 12.7. The van der Waals surface area contributed by atoms with Gasteiger partial charge in [-0.3, -0.25) is 0 Å². The Morgan fingerprint density at radius 2 is 1.12 bits per heavy atom. The predicted octanol–water partition coefficient (Wildman–Crippen LogP) is 11.5. The minimum absolute atomic E-state index is 0.0884. The van der Waals surface area contributed by atoms with Gasteiger partial charge in [-0.1, -0.05) is 115 Å². The van der Waals surface area contributed by atoms with E-state index in [-0.39, 0.29) is 5.41 Å². The van der Waals surface area contributed by atoms with Gasteiger partial charge in [-0.2, -0.15) is 0 Å². The third kappa shape index (κ3) is 3.69. The Labute approximate surface area is 281 Å². The zero-order chi connectivity index (χ0) is 31.4. The van der Waals surface area contributed by atoms with E-state index in [9.17, 15) is 0 Å². The van der Waals surface area contributed by atoms with E-state index in [1.54, 1.807) is 11.1 Å². The molecule has 2 nitrogen and oxygen atoms in total. The quantitative estimate of drug-likeness (QED) is 0.197. The summed E-state index contributed by atoms with van der Waals surface area (Å²) in [4.78, 5) is 10.8. The van der Waals surface area contributed by atoms with E-state index in [2.05, 4.69) is 133 Å². The molecule has 0 aliphatic heterocycles. The van der Waals surface area contributed by atoms with Crippen LogP contribution in [0.25, 0.3) is 66.6 Å². The molecule has 4 fully saturated rings. The molecule has 230 valence electrons. The van der Waals surface area contributed by atoms with Gasteiger partial charge >= 0.3 is 0 Å². The molecule has 5 aliphatic rings. The molecule has 1 aromatic heterocycles. The fraction of sp³-hybridized carbons (Fsp3) is 0.217. The fourth-order valence-corrected chi connectivity index (χ4v) is 11.0. The first-order valence-corrected chi connectivity index (χ1v) is 17.8. The molecule has 1 spiro atoms. The maximum Gasteiger partial charge on any atom is 0.161 e. The van der Waals surface area contributed by atoms with Gasteiger partial charge in [0.05, 0.1) is 11.2 Å². The molecule has 12 rings (SSSR count). The Morgan fingerprint density at radius 1 is 0.479 bits per heavy atom. The highest BCUT2D eigenvalue weighted by atomic mass is 14.9. The van der Waals surface area contributed by atoms with Crippen LogP contribution >= 0.6 is 0 Å². The molecule has 4 saturated carbocycles. The third-order valence-electron chi connectivity index (χ3n) is 12.6. The first-order chi connectivity index (χ1) is 23.7. The van der Waals surface area contributed by atoms with Gasteiger partial charge in [-0.25, -0.2) is 9.97 Å². The van der Waals surface area contributed by atoms with Gasteiger partial charge in [-0.15, -0.1) is 0 Å². The fourth-order valence-electron chi connectivity index (χ4n) is 11.0. The van der Waals surface area contributed by atoms with Gasteiger partial charge in [-0.05, 0) is 118 Å². The second-order valence-electron chi connectivity index (χ2n) is 15.0. The maximum absolute atomic E-state index is 5.47. The minimum atomic E-state index is 0.0884. The number of para-hydroxylation sites is 1. The van der Waals surface area contributed by atoms with E-state index in [0.717, 1.165) is 39.8 Å². The van der Waals surface area contributed by atoms with Gasteiger partial charge < -0.3 is 0 Å². The Balaban J connectivity index is 1.14. The largest absolute Gasteiger partial charge is 0.228 e. The van der Waals surface area contributed by atoms with Crippen molar-refractivity contribution in [2.45, 2.75) is 37.5 Å². The molecule has 1 heterocycles. The molecule has 0 amide bonds. The van der Waals surface area contributed by atoms with Crippen molar-refractivity contribution in [3.63, 3.8) is 0 Å². The van der Waals surface area contributed by atoms with Crippen molar-refractivity contribution in [2.24, 2.45) is 23.7 Å². The number of fused-ring (bicyclic) bond motifs is 5. The van der Waals surface area contributed by atoms with Gasteiger partial charge in [0.15, 0.2) is 5.82 Å². The second kappa shape index (κ2) is 9.97. The molecule has 48 heavy (non-hydrogen) atoms. The van der Waals surface area contributed by atoms with Crippen molar-refractivity contribution < 1.29 is 0 Å². The van der Waals surface area contributed by atoms with Crippen LogP contribution in [0.3, 0.4) is 0 Å². The molecule has 6 aromatic carbocycles. The lowest BCUT2D eigenvalue weighted by Crippen LogP contribution is -2.55. The summed E-state index contributed by atoms with van der Waals surface area (Å²) in [6, 6.07) is 49.1. The number of hydrogen-bond donors (Lipinski definition) is 0. The van der Waals surface area contributed by atoms with E-state index in [1.165, 1.54) is 70.7 Å².